The monoisotopic (exact) mass is 482 g/mol. The number of hydrogen-bond donors (Lipinski definition) is 2. The molecule has 5 rings (SSSR count). The van der Waals surface area contributed by atoms with Crippen LogP contribution >= 0.6 is 15.9 Å². The first kappa shape index (κ1) is 20.5. The number of rotatable bonds is 3. The van der Waals surface area contributed by atoms with Crippen LogP contribution in [0.1, 0.15) is 28.4 Å². The number of fused-ring (bicyclic) bond motifs is 3. The average molecular weight is 483 g/mol. The second kappa shape index (κ2) is 8.30. The number of aromatic nitrogens is 1. The summed E-state index contributed by atoms with van der Waals surface area (Å²) in [5, 5.41) is 11.1. The van der Waals surface area contributed by atoms with Crippen LogP contribution in [0.15, 0.2) is 46.9 Å². The highest BCUT2D eigenvalue weighted by Gasteiger charge is 2.34. The molecule has 1 aromatic heterocycles. The van der Waals surface area contributed by atoms with Crippen molar-refractivity contribution in [2.45, 2.75) is 19.0 Å². The number of nitrogens with zero attached hydrogens (tertiary/aromatic N) is 3. The third-order valence-corrected chi connectivity index (χ3v) is 7.13. The zero-order valence-electron chi connectivity index (χ0n) is 17.6. The molecule has 1 unspecified atom stereocenters. The third-order valence-electron chi connectivity index (χ3n) is 6.63. The van der Waals surface area contributed by atoms with Crippen LogP contribution < -0.4 is 0 Å². The fraction of sp³-hybridized carbons (Fsp3) is 0.375. The minimum Gasteiger partial charge on any atom is -0.465 e. The normalized spacial score (nSPS) is 20.2. The highest BCUT2D eigenvalue weighted by molar-refractivity contribution is 9.10. The smallest absolute Gasteiger partial charge is 0.408 e. The Balaban J connectivity index is 1.46. The molecule has 2 aliphatic heterocycles. The lowest BCUT2D eigenvalue weighted by Crippen LogP contribution is -2.43. The van der Waals surface area contributed by atoms with Crippen LogP contribution in [0.4, 0.5) is 4.79 Å². The summed E-state index contributed by atoms with van der Waals surface area (Å²) < 4.78 is 1.03. The molecule has 3 aromatic rings. The summed E-state index contributed by atoms with van der Waals surface area (Å²) in [6, 6.07) is 14.4. The van der Waals surface area contributed by atoms with E-state index in [2.05, 4.69) is 74.2 Å². The SMILES string of the molecule is CN1CCN(Cc2ccc(C3c4[nH]c5ccc(Br)cc5c4CCN3C(=O)O)cc2)CC1. The maximum Gasteiger partial charge on any atom is 0.408 e. The van der Waals surface area contributed by atoms with Gasteiger partial charge in [-0.25, -0.2) is 4.79 Å². The molecule has 2 N–H and O–H groups in total. The Kier molecular flexibility index (Phi) is 5.50. The predicted octanol–water partition coefficient (Wildman–Crippen LogP) is 4.30. The van der Waals surface area contributed by atoms with Crippen molar-refractivity contribution in [3.63, 3.8) is 0 Å². The molecule has 162 valence electrons. The van der Waals surface area contributed by atoms with Crippen LogP contribution in [0.5, 0.6) is 0 Å². The molecular formula is C24H27BrN4O2. The summed E-state index contributed by atoms with van der Waals surface area (Å²) in [5.41, 5.74) is 5.55. The van der Waals surface area contributed by atoms with E-state index in [1.54, 1.807) is 4.90 Å². The number of H-pyrrole nitrogens is 1. The van der Waals surface area contributed by atoms with E-state index in [4.69, 9.17) is 0 Å². The molecule has 0 radical (unpaired) electrons. The maximum atomic E-state index is 12.1. The molecule has 2 aliphatic rings. The van der Waals surface area contributed by atoms with E-state index in [9.17, 15) is 9.90 Å². The molecule has 0 bridgehead atoms. The number of likely N-dealkylation sites (N-methyl/N-ethyl adjacent to an activating group) is 1. The molecule has 2 aromatic carbocycles. The van der Waals surface area contributed by atoms with E-state index in [-0.39, 0.29) is 6.04 Å². The zero-order valence-corrected chi connectivity index (χ0v) is 19.2. The van der Waals surface area contributed by atoms with E-state index < -0.39 is 6.09 Å². The van der Waals surface area contributed by atoms with Crippen molar-refractivity contribution in [2.75, 3.05) is 39.8 Å². The molecule has 1 atom stereocenters. The standard InChI is InChI=1S/C24H27BrN4O2/c1-27-10-12-28(13-11-27)15-16-2-4-17(5-3-16)23-22-19(8-9-29(23)24(30)31)20-14-18(25)6-7-21(20)26-22/h2-7,14,23,26H,8-13,15H2,1H3,(H,30,31). The van der Waals surface area contributed by atoms with Crippen molar-refractivity contribution in [3.8, 4) is 0 Å². The van der Waals surface area contributed by atoms with Gasteiger partial charge in [-0.3, -0.25) is 9.80 Å². The molecule has 1 saturated heterocycles. The van der Waals surface area contributed by atoms with E-state index in [0.717, 1.165) is 60.4 Å². The number of amides is 1. The molecule has 1 fully saturated rings. The van der Waals surface area contributed by atoms with Crippen molar-refractivity contribution >= 4 is 32.9 Å². The van der Waals surface area contributed by atoms with Crippen LogP contribution in [0.2, 0.25) is 0 Å². The molecular weight excluding hydrogens is 456 g/mol. The van der Waals surface area contributed by atoms with Gasteiger partial charge in [0.1, 0.15) is 6.04 Å². The van der Waals surface area contributed by atoms with Crippen molar-refractivity contribution in [2.24, 2.45) is 0 Å². The summed E-state index contributed by atoms with van der Waals surface area (Å²) in [6.07, 6.45) is -0.159. The first-order chi connectivity index (χ1) is 15.0. The topological polar surface area (TPSA) is 62.8 Å². The summed E-state index contributed by atoms with van der Waals surface area (Å²) in [5.74, 6) is 0. The molecule has 7 heteroatoms. The van der Waals surface area contributed by atoms with E-state index in [1.807, 2.05) is 6.07 Å². The Hall–Kier alpha value is -2.35. The number of carbonyl (C=O) groups is 1. The molecule has 31 heavy (non-hydrogen) atoms. The quantitative estimate of drug-likeness (QED) is 0.583. The summed E-state index contributed by atoms with van der Waals surface area (Å²) >= 11 is 3.57. The van der Waals surface area contributed by atoms with E-state index >= 15 is 0 Å². The Bertz CT molecular complexity index is 1100. The van der Waals surface area contributed by atoms with Crippen molar-refractivity contribution < 1.29 is 9.90 Å². The summed E-state index contributed by atoms with van der Waals surface area (Å²) in [4.78, 5) is 22.0. The Morgan fingerprint density at radius 3 is 2.55 bits per heavy atom. The van der Waals surface area contributed by atoms with Crippen LogP contribution in [-0.2, 0) is 13.0 Å². The van der Waals surface area contributed by atoms with Gasteiger partial charge in [0.05, 0.1) is 0 Å². The van der Waals surface area contributed by atoms with Gasteiger partial charge in [0, 0.05) is 60.3 Å². The zero-order chi connectivity index (χ0) is 21.5. The molecule has 6 nitrogen and oxygen atoms in total. The Labute approximate surface area is 190 Å². The van der Waals surface area contributed by atoms with Gasteiger partial charge in [0.25, 0.3) is 0 Å². The number of halogens is 1. The van der Waals surface area contributed by atoms with Crippen molar-refractivity contribution in [1.82, 2.24) is 19.7 Å². The second-order valence-electron chi connectivity index (χ2n) is 8.66. The van der Waals surface area contributed by atoms with Gasteiger partial charge >= 0.3 is 6.09 Å². The van der Waals surface area contributed by atoms with Gasteiger partial charge in [0.2, 0.25) is 0 Å². The van der Waals surface area contributed by atoms with E-state index in [0.29, 0.717) is 6.54 Å². The van der Waals surface area contributed by atoms with Crippen LogP contribution in [0.25, 0.3) is 10.9 Å². The van der Waals surface area contributed by atoms with Gasteiger partial charge in [-0.1, -0.05) is 40.2 Å². The predicted molar refractivity (Wildman–Crippen MR) is 125 cm³/mol. The maximum absolute atomic E-state index is 12.1. The van der Waals surface area contributed by atoms with E-state index in [1.165, 1.54) is 16.5 Å². The number of carboxylic acid groups (broad SMARTS) is 1. The first-order valence-electron chi connectivity index (χ1n) is 10.8. The van der Waals surface area contributed by atoms with Gasteiger partial charge in [0.15, 0.2) is 0 Å². The Morgan fingerprint density at radius 1 is 1.10 bits per heavy atom. The largest absolute Gasteiger partial charge is 0.465 e. The molecule has 3 heterocycles. The van der Waals surface area contributed by atoms with Crippen LogP contribution in [0, 0.1) is 0 Å². The summed E-state index contributed by atoms with van der Waals surface area (Å²) in [7, 11) is 2.17. The average Bonchev–Trinajstić information content (AvgIpc) is 3.13. The number of aromatic amines is 1. The molecule has 0 saturated carbocycles. The second-order valence-corrected chi connectivity index (χ2v) is 9.57. The lowest BCUT2D eigenvalue weighted by molar-refractivity contribution is 0.128. The lowest BCUT2D eigenvalue weighted by atomic mass is 9.92. The number of nitrogens with one attached hydrogen (secondary N) is 1. The molecule has 1 amide bonds. The van der Waals surface area contributed by atoms with Crippen LogP contribution in [-0.4, -0.2) is 70.7 Å². The fourth-order valence-electron chi connectivity index (χ4n) is 4.88. The van der Waals surface area contributed by atoms with Gasteiger partial charge in [-0.05, 0) is 48.4 Å². The lowest BCUT2D eigenvalue weighted by Gasteiger charge is -2.34. The van der Waals surface area contributed by atoms with Crippen molar-refractivity contribution in [3.05, 3.63) is 69.3 Å². The molecule has 0 aliphatic carbocycles. The highest BCUT2D eigenvalue weighted by Crippen LogP contribution is 2.39. The number of benzene rings is 2. The summed E-state index contributed by atoms with van der Waals surface area (Å²) in [6.45, 7) is 5.81. The van der Waals surface area contributed by atoms with Gasteiger partial charge in [-0.15, -0.1) is 0 Å². The van der Waals surface area contributed by atoms with Crippen LogP contribution in [0.3, 0.4) is 0 Å². The Morgan fingerprint density at radius 2 is 1.84 bits per heavy atom. The van der Waals surface area contributed by atoms with Gasteiger partial charge in [-0.2, -0.15) is 0 Å². The van der Waals surface area contributed by atoms with Crippen molar-refractivity contribution in [1.29, 1.82) is 0 Å². The number of hydrogen-bond acceptors (Lipinski definition) is 3. The third kappa shape index (κ3) is 3.97. The number of piperazine rings is 1. The van der Waals surface area contributed by atoms with Gasteiger partial charge < -0.3 is 15.0 Å². The minimum atomic E-state index is -0.878. The minimum absolute atomic E-state index is 0.315. The first-order valence-corrected chi connectivity index (χ1v) is 11.6. The fourth-order valence-corrected chi connectivity index (χ4v) is 5.24. The highest BCUT2D eigenvalue weighted by atomic mass is 79.9. The molecule has 0 spiro atoms.